The topological polar surface area (TPSA) is 49.4 Å². The summed E-state index contributed by atoms with van der Waals surface area (Å²) in [6.07, 6.45) is 1.90. The zero-order valence-corrected chi connectivity index (χ0v) is 13.3. The van der Waals surface area contributed by atoms with Crippen molar-refractivity contribution in [3.05, 3.63) is 78.0 Å². The fraction of sp³-hybridized carbons (Fsp3) is 0.200. The van der Waals surface area contributed by atoms with Gasteiger partial charge in [0.25, 0.3) is 0 Å². The molecule has 2 aromatic carbocycles. The minimum absolute atomic E-state index is 0.118. The Labute approximate surface area is 140 Å². The fourth-order valence-corrected chi connectivity index (χ4v) is 3.73. The summed E-state index contributed by atoms with van der Waals surface area (Å²) in [7, 11) is 1.58. The molecule has 1 fully saturated rings. The molecule has 2 amide bonds. The summed E-state index contributed by atoms with van der Waals surface area (Å²) in [6.45, 7) is 0. The van der Waals surface area contributed by atoms with Gasteiger partial charge in [-0.05, 0) is 16.7 Å². The summed E-state index contributed by atoms with van der Waals surface area (Å²) in [6, 6.07) is 19.4. The van der Waals surface area contributed by atoms with Crippen molar-refractivity contribution in [2.75, 3.05) is 7.05 Å². The van der Waals surface area contributed by atoms with E-state index >= 15 is 0 Å². The number of hydrogen-bond donors (Lipinski definition) is 1. The smallest absolute Gasteiger partial charge is 0.237 e. The van der Waals surface area contributed by atoms with Gasteiger partial charge in [-0.2, -0.15) is 0 Å². The van der Waals surface area contributed by atoms with Crippen LogP contribution in [0.4, 0.5) is 0 Å². The van der Waals surface area contributed by atoms with Crippen LogP contribution in [0.1, 0.15) is 17.2 Å². The standard InChI is InChI=1S/C20H18N2O2/c1-22-19(23)16-15(13-8-4-2-5-9-13)12-21-18(17(16)20(22)24)14-10-6-3-7-11-14/h2-12,16-18,21H,1H3/t16-,17-,18-/m1/s1. The molecule has 3 atom stereocenters. The molecule has 0 unspecified atom stereocenters. The Balaban J connectivity index is 1.82. The van der Waals surface area contributed by atoms with Gasteiger partial charge in [0.15, 0.2) is 0 Å². The molecule has 2 aliphatic rings. The van der Waals surface area contributed by atoms with Crippen molar-refractivity contribution in [1.29, 1.82) is 0 Å². The fourth-order valence-electron chi connectivity index (χ4n) is 3.73. The van der Waals surface area contributed by atoms with Crippen LogP contribution in [0.15, 0.2) is 66.9 Å². The lowest BCUT2D eigenvalue weighted by Gasteiger charge is -2.32. The van der Waals surface area contributed by atoms with Gasteiger partial charge in [0.05, 0.1) is 17.9 Å². The minimum Gasteiger partial charge on any atom is -0.383 e. The molecule has 0 aliphatic carbocycles. The molecule has 4 heteroatoms. The third-order valence-electron chi connectivity index (χ3n) is 4.95. The van der Waals surface area contributed by atoms with Gasteiger partial charge >= 0.3 is 0 Å². The highest BCUT2D eigenvalue weighted by Crippen LogP contribution is 2.45. The first-order chi connectivity index (χ1) is 11.7. The Kier molecular flexibility index (Phi) is 3.45. The lowest BCUT2D eigenvalue weighted by molar-refractivity contribution is -0.138. The summed E-state index contributed by atoms with van der Waals surface area (Å²) in [4.78, 5) is 26.8. The number of carbonyl (C=O) groups is 2. The first-order valence-corrected chi connectivity index (χ1v) is 8.06. The Hall–Kier alpha value is -2.88. The SMILES string of the molecule is CN1C(=O)[C@@H]2C(c3ccccc3)=CN[C@H](c3ccccc3)[C@@H]2C1=O. The number of likely N-dealkylation sites (tertiary alicyclic amines) is 1. The summed E-state index contributed by atoms with van der Waals surface area (Å²) in [5, 5.41) is 3.37. The Bertz CT molecular complexity index is 814. The molecule has 4 nitrogen and oxygen atoms in total. The average Bonchev–Trinajstić information content (AvgIpc) is 2.87. The Morgan fingerprint density at radius 1 is 0.875 bits per heavy atom. The maximum atomic E-state index is 12.7. The van der Waals surface area contributed by atoms with E-state index in [-0.39, 0.29) is 17.9 Å². The van der Waals surface area contributed by atoms with E-state index in [1.54, 1.807) is 7.05 Å². The van der Waals surface area contributed by atoms with Crippen molar-refractivity contribution >= 4 is 17.4 Å². The van der Waals surface area contributed by atoms with Gasteiger partial charge in [0, 0.05) is 13.2 Å². The maximum absolute atomic E-state index is 12.7. The molecule has 0 saturated carbocycles. The van der Waals surface area contributed by atoms with E-state index < -0.39 is 11.8 Å². The predicted octanol–water partition coefficient (Wildman–Crippen LogP) is 2.60. The zero-order valence-electron chi connectivity index (χ0n) is 13.3. The van der Waals surface area contributed by atoms with Crippen molar-refractivity contribution in [1.82, 2.24) is 10.2 Å². The number of benzene rings is 2. The van der Waals surface area contributed by atoms with E-state index in [1.807, 2.05) is 66.9 Å². The van der Waals surface area contributed by atoms with Crippen LogP contribution in [0.5, 0.6) is 0 Å². The molecule has 4 rings (SSSR count). The quantitative estimate of drug-likeness (QED) is 0.866. The van der Waals surface area contributed by atoms with Crippen LogP contribution >= 0.6 is 0 Å². The number of fused-ring (bicyclic) bond motifs is 1. The highest BCUT2D eigenvalue weighted by atomic mass is 16.2. The summed E-state index contributed by atoms with van der Waals surface area (Å²) in [5.41, 5.74) is 2.88. The largest absolute Gasteiger partial charge is 0.383 e. The summed E-state index contributed by atoms with van der Waals surface area (Å²) in [5.74, 6) is -1.09. The number of amides is 2. The van der Waals surface area contributed by atoms with E-state index in [0.29, 0.717) is 0 Å². The van der Waals surface area contributed by atoms with Gasteiger partial charge in [0.1, 0.15) is 0 Å². The molecular formula is C20H18N2O2. The number of rotatable bonds is 2. The van der Waals surface area contributed by atoms with Gasteiger partial charge in [-0.25, -0.2) is 0 Å². The average molecular weight is 318 g/mol. The van der Waals surface area contributed by atoms with Crippen LogP contribution in [0.3, 0.4) is 0 Å². The van der Waals surface area contributed by atoms with Crippen molar-refractivity contribution in [3.63, 3.8) is 0 Å². The molecular weight excluding hydrogens is 300 g/mol. The van der Waals surface area contributed by atoms with E-state index in [0.717, 1.165) is 16.7 Å². The summed E-state index contributed by atoms with van der Waals surface area (Å²) >= 11 is 0. The van der Waals surface area contributed by atoms with E-state index in [2.05, 4.69) is 5.32 Å². The molecule has 0 spiro atoms. The van der Waals surface area contributed by atoms with Crippen molar-refractivity contribution < 1.29 is 9.59 Å². The first kappa shape index (κ1) is 14.7. The monoisotopic (exact) mass is 318 g/mol. The van der Waals surface area contributed by atoms with Gasteiger partial charge in [-0.15, -0.1) is 0 Å². The molecule has 0 radical (unpaired) electrons. The second-order valence-electron chi connectivity index (χ2n) is 6.26. The Morgan fingerprint density at radius 2 is 1.50 bits per heavy atom. The third kappa shape index (κ3) is 2.14. The Morgan fingerprint density at radius 3 is 2.17 bits per heavy atom. The van der Waals surface area contributed by atoms with Crippen LogP contribution in [0, 0.1) is 11.8 Å². The third-order valence-corrected chi connectivity index (χ3v) is 4.95. The zero-order chi connectivity index (χ0) is 16.7. The van der Waals surface area contributed by atoms with E-state index in [1.165, 1.54) is 4.90 Å². The van der Waals surface area contributed by atoms with E-state index in [9.17, 15) is 9.59 Å². The van der Waals surface area contributed by atoms with Gasteiger partial charge < -0.3 is 5.32 Å². The predicted molar refractivity (Wildman–Crippen MR) is 91.5 cm³/mol. The van der Waals surface area contributed by atoms with Crippen LogP contribution in [-0.4, -0.2) is 23.8 Å². The molecule has 2 aliphatic heterocycles. The van der Waals surface area contributed by atoms with Gasteiger partial charge in [-0.1, -0.05) is 60.7 Å². The number of nitrogens with zero attached hydrogens (tertiary/aromatic N) is 1. The second kappa shape index (κ2) is 5.64. The molecule has 120 valence electrons. The molecule has 24 heavy (non-hydrogen) atoms. The lowest BCUT2D eigenvalue weighted by atomic mass is 9.76. The molecule has 1 saturated heterocycles. The normalized spacial score (nSPS) is 26.0. The van der Waals surface area contributed by atoms with Crippen LogP contribution < -0.4 is 5.32 Å². The highest BCUT2D eigenvalue weighted by molar-refractivity contribution is 6.11. The van der Waals surface area contributed by atoms with Crippen LogP contribution in [0.2, 0.25) is 0 Å². The number of carbonyl (C=O) groups excluding carboxylic acids is 2. The van der Waals surface area contributed by atoms with Gasteiger partial charge in [-0.3, -0.25) is 14.5 Å². The number of hydrogen-bond acceptors (Lipinski definition) is 3. The van der Waals surface area contributed by atoms with E-state index in [4.69, 9.17) is 0 Å². The number of imide groups is 1. The van der Waals surface area contributed by atoms with Crippen LogP contribution in [0.25, 0.3) is 5.57 Å². The van der Waals surface area contributed by atoms with Crippen molar-refractivity contribution in [2.24, 2.45) is 11.8 Å². The minimum atomic E-state index is -0.434. The molecule has 0 bridgehead atoms. The lowest BCUT2D eigenvalue weighted by Crippen LogP contribution is -2.37. The second-order valence-corrected chi connectivity index (χ2v) is 6.26. The van der Waals surface area contributed by atoms with Gasteiger partial charge in [0.2, 0.25) is 11.8 Å². The number of nitrogens with one attached hydrogen (secondary N) is 1. The molecule has 2 aromatic rings. The summed E-state index contributed by atoms with van der Waals surface area (Å²) < 4.78 is 0. The molecule has 1 N–H and O–H groups in total. The first-order valence-electron chi connectivity index (χ1n) is 8.06. The van der Waals surface area contributed by atoms with Crippen molar-refractivity contribution in [2.45, 2.75) is 6.04 Å². The molecule has 0 aromatic heterocycles. The molecule has 2 heterocycles. The maximum Gasteiger partial charge on any atom is 0.237 e. The van der Waals surface area contributed by atoms with Crippen molar-refractivity contribution in [3.8, 4) is 0 Å². The highest BCUT2D eigenvalue weighted by Gasteiger charge is 2.53. The van der Waals surface area contributed by atoms with Crippen LogP contribution in [-0.2, 0) is 9.59 Å².